The van der Waals surface area contributed by atoms with Gasteiger partial charge in [0.25, 0.3) is 5.91 Å². The van der Waals surface area contributed by atoms with Crippen LogP contribution in [0.2, 0.25) is 0 Å². The zero-order valence-electron chi connectivity index (χ0n) is 23.1. The third kappa shape index (κ3) is 9.35. The Kier molecular flexibility index (Phi) is 11.9. The fraction of sp³-hybridized carbons (Fsp3) is 0.586. The minimum absolute atomic E-state index is 0.0582. The molecule has 2 aromatic rings. The van der Waals surface area contributed by atoms with Crippen LogP contribution in [0.15, 0.2) is 36.5 Å². The Morgan fingerprint density at radius 2 is 1.79 bits per heavy atom. The van der Waals surface area contributed by atoms with E-state index >= 15 is 0 Å². The molecular formula is C29H43FN6O2. The van der Waals surface area contributed by atoms with Gasteiger partial charge in [-0.05, 0) is 88.9 Å². The van der Waals surface area contributed by atoms with Crippen molar-refractivity contribution >= 4 is 17.8 Å². The van der Waals surface area contributed by atoms with Gasteiger partial charge < -0.3 is 20.4 Å². The molecule has 0 bridgehead atoms. The summed E-state index contributed by atoms with van der Waals surface area (Å²) >= 11 is 0. The molecule has 2 heterocycles. The highest BCUT2D eigenvalue weighted by Crippen LogP contribution is 2.18. The van der Waals surface area contributed by atoms with E-state index in [1.54, 1.807) is 13.2 Å². The molecule has 38 heavy (non-hydrogen) atoms. The lowest BCUT2D eigenvalue weighted by Gasteiger charge is -2.30. The number of aromatic nitrogens is 2. The second-order valence-electron chi connectivity index (χ2n) is 10.4. The van der Waals surface area contributed by atoms with Gasteiger partial charge in [-0.2, -0.15) is 0 Å². The van der Waals surface area contributed by atoms with Crippen molar-refractivity contribution in [3.8, 4) is 0 Å². The van der Waals surface area contributed by atoms with E-state index in [1.807, 2.05) is 29.7 Å². The zero-order chi connectivity index (χ0) is 27.3. The molecule has 1 aliphatic heterocycles. The second kappa shape index (κ2) is 15.4. The number of hydrogen-bond donors (Lipinski definition) is 2. The highest BCUT2D eigenvalue weighted by atomic mass is 19.1. The smallest absolute Gasteiger partial charge is 0.254 e. The van der Waals surface area contributed by atoms with Crippen molar-refractivity contribution in [3.05, 3.63) is 53.6 Å². The number of carbonyl (C=O) groups is 2. The van der Waals surface area contributed by atoms with Crippen LogP contribution in [0.1, 0.15) is 74.8 Å². The number of anilines is 1. The minimum Gasteiger partial charge on any atom is -0.357 e. The van der Waals surface area contributed by atoms with Crippen LogP contribution in [0, 0.1) is 11.7 Å². The van der Waals surface area contributed by atoms with E-state index in [4.69, 9.17) is 0 Å². The highest BCUT2D eigenvalue weighted by molar-refractivity contribution is 5.94. The van der Waals surface area contributed by atoms with Crippen molar-refractivity contribution in [2.45, 2.75) is 71.4 Å². The number of benzene rings is 1. The summed E-state index contributed by atoms with van der Waals surface area (Å²) in [4.78, 5) is 38.6. The maximum Gasteiger partial charge on any atom is 0.254 e. The van der Waals surface area contributed by atoms with Crippen LogP contribution in [0.25, 0.3) is 0 Å². The van der Waals surface area contributed by atoms with Gasteiger partial charge in [0, 0.05) is 44.4 Å². The molecule has 9 heteroatoms. The molecule has 0 aliphatic carbocycles. The van der Waals surface area contributed by atoms with Gasteiger partial charge in [-0.25, -0.2) is 14.4 Å². The standard InChI is InChI=1S/C29H43FN6O2/c1-22(2)36(28(38)24-9-11-25(30)12-10-24)19-7-5-4-6-8-27(37)35(20-23-13-16-32-17-14-23)21-26-15-18-33-29(31-3)34-26/h9-12,15,18,22-23,32H,4-8,13-14,16-17,19-21H2,1-3H3,(H,31,33,34). The molecule has 2 amide bonds. The van der Waals surface area contributed by atoms with Gasteiger partial charge in [-0.3, -0.25) is 9.59 Å². The van der Waals surface area contributed by atoms with E-state index in [1.165, 1.54) is 24.3 Å². The topological polar surface area (TPSA) is 90.5 Å². The Hall–Kier alpha value is -3.07. The molecule has 0 unspecified atom stereocenters. The first kappa shape index (κ1) is 29.5. The fourth-order valence-electron chi connectivity index (χ4n) is 4.85. The molecule has 2 N–H and O–H groups in total. The van der Waals surface area contributed by atoms with Gasteiger partial charge in [-0.1, -0.05) is 12.8 Å². The van der Waals surface area contributed by atoms with Crippen LogP contribution in [-0.4, -0.2) is 70.9 Å². The lowest BCUT2D eigenvalue weighted by atomic mass is 9.97. The van der Waals surface area contributed by atoms with Crippen LogP contribution in [0.3, 0.4) is 0 Å². The number of piperidine rings is 1. The van der Waals surface area contributed by atoms with E-state index in [9.17, 15) is 14.0 Å². The van der Waals surface area contributed by atoms with Crippen LogP contribution in [0.5, 0.6) is 0 Å². The average Bonchev–Trinajstić information content (AvgIpc) is 2.92. The lowest BCUT2D eigenvalue weighted by molar-refractivity contribution is -0.132. The van der Waals surface area contributed by atoms with Crippen molar-refractivity contribution in [2.75, 3.05) is 38.5 Å². The maximum atomic E-state index is 13.2. The van der Waals surface area contributed by atoms with Gasteiger partial charge in [0.15, 0.2) is 0 Å². The number of rotatable bonds is 14. The quantitative estimate of drug-likeness (QED) is 0.353. The van der Waals surface area contributed by atoms with Crippen LogP contribution in [-0.2, 0) is 11.3 Å². The van der Waals surface area contributed by atoms with Crippen molar-refractivity contribution in [1.82, 2.24) is 25.1 Å². The van der Waals surface area contributed by atoms with Crippen LogP contribution < -0.4 is 10.6 Å². The summed E-state index contributed by atoms with van der Waals surface area (Å²) < 4.78 is 13.2. The van der Waals surface area contributed by atoms with Gasteiger partial charge in [0.1, 0.15) is 5.82 Å². The number of nitrogens with zero attached hydrogens (tertiary/aromatic N) is 4. The molecule has 208 valence electrons. The Morgan fingerprint density at radius 3 is 2.47 bits per heavy atom. The van der Waals surface area contributed by atoms with E-state index in [2.05, 4.69) is 20.6 Å². The molecule has 0 radical (unpaired) electrons. The SMILES string of the molecule is CNc1nccc(CN(CC2CCNCC2)C(=O)CCCCCCN(C(=O)c2ccc(F)cc2)C(C)C)n1. The average molecular weight is 527 g/mol. The fourth-order valence-corrected chi connectivity index (χ4v) is 4.85. The van der Waals surface area contributed by atoms with Gasteiger partial charge >= 0.3 is 0 Å². The molecule has 1 aromatic heterocycles. The molecule has 1 aromatic carbocycles. The number of hydrogen-bond acceptors (Lipinski definition) is 6. The molecule has 1 fully saturated rings. The Balaban J connectivity index is 1.46. The summed E-state index contributed by atoms with van der Waals surface area (Å²) in [7, 11) is 1.79. The minimum atomic E-state index is -0.346. The first-order chi connectivity index (χ1) is 18.4. The Bertz CT molecular complexity index is 1010. The summed E-state index contributed by atoms with van der Waals surface area (Å²) in [6.45, 7) is 7.89. The van der Waals surface area contributed by atoms with Crippen LogP contribution >= 0.6 is 0 Å². The van der Waals surface area contributed by atoms with E-state index in [0.717, 1.165) is 63.9 Å². The zero-order valence-corrected chi connectivity index (χ0v) is 23.1. The molecule has 1 saturated heterocycles. The summed E-state index contributed by atoms with van der Waals surface area (Å²) in [5.41, 5.74) is 1.34. The summed E-state index contributed by atoms with van der Waals surface area (Å²) in [5, 5.41) is 6.36. The summed E-state index contributed by atoms with van der Waals surface area (Å²) in [6, 6.07) is 7.65. The van der Waals surface area contributed by atoms with Gasteiger partial charge in [0.05, 0.1) is 12.2 Å². The van der Waals surface area contributed by atoms with E-state index < -0.39 is 0 Å². The molecule has 3 rings (SSSR count). The number of amides is 2. The molecule has 8 nitrogen and oxygen atoms in total. The lowest BCUT2D eigenvalue weighted by Crippen LogP contribution is -2.39. The van der Waals surface area contributed by atoms with E-state index in [-0.39, 0.29) is 23.7 Å². The molecular weight excluding hydrogens is 483 g/mol. The summed E-state index contributed by atoms with van der Waals surface area (Å²) in [6.07, 6.45) is 7.96. The molecule has 1 aliphatic rings. The molecule has 0 spiro atoms. The van der Waals surface area contributed by atoms with Gasteiger partial charge in [0.2, 0.25) is 11.9 Å². The number of nitrogens with one attached hydrogen (secondary N) is 2. The Morgan fingerprint density at radius 1 is 1.08 bits per heavy atom. The van der Waals surface area contributed by atoms with Crippen molar-refractivity contribution in [1.29, 1.82) is 0 Å². The Labute approximate surface area is 226 Å². The van der Waals surface area contributed by atoms with Crippen molar-refractivity contribution in [3.63, 3.8) is 0 Å². The van der Waals surface area contributed by atoms with Crippen molar-refractivity contribution in [2.24, 2.45) is 5.92 Å². The number of carbonyl (C=O) groups excluding carboxylic acids is 2. The third-order valence-electron chi connectivity index (χ3n) is 7.09. The first-order valence-corrected chi connectivity index (χ1v) is 13.9. The van der Waals surface area contributed by atoms with Crippen molar-refractivity contribution < 1.29 is 14.0 Å². The predicted molar refractivity (Wildman–Crippen MR) is 148 cm³/mol. The third-order valence-corrected chi connectivity index (χ3v) is 7.09. The maximum absolute atomic E-state index is 13.2. The monoisotopic (exact) mass is 526 g/mol. The largest absolute Gasteiger partial charge is 0.357 e. The number of halogens is 1. The highest BCUT2D eigenvalue weighted by Gasteiger charge is 2.22. The van der Waals surface area contributed by atoms with Gasteiger partial charge in [-0.15, -0.1) is 0 Å². The molecule has 0 atom stereocenters. The normalized spacial score (nSPS) is 13.9. The number of unbranched alkanes of at least 4 members (excludes halogenated alkanes) is 3. The predicted octanol–water partition coefficient (Wildman–Crippen LogP) is 4.49. The second-order valence-corrected chi connectivity index (χ2v) is 10.4. The van der Waals surface area contributed by atoms with E-state index in [0.29, 0.717) is 36.9 Å². The van der Waals surface area contributed by atoms with Crippen LogP contribution in [0.4, 0.5) is 10.3 Å². The summed E-state index contributed by atoms with van der Waals surface area (Å²) in [5.74, 6) is 0.816. The first-order valence-electron chi connectivity index (χ1n) is 13.9. The molecule has 0 saturated carbocycles.